The molecule has 0 aliphatic heterocycles. The van der Waals surface area contributed by atoms with Crippen molar-refractivity contribution in [1.82, 2.24) is 0 Å². The molecule has 0 heterocycles. The van der Waals surface area contributed by atoms with E-state index in [1.165, 1.54) is 6.92 Å². The maximum absolute atomic E-state index is 10.7. The Bertz CT molecular complexity index is 289. The zero-order valence-corrected chi connectivity index (χ0v) is 7.70. The van der Waals surface area contributed by atoms with Gasteiger partial charge in [-0.1, -0.05) is 11.6 Å². The summed E-state index contributed by atoms with van der Waals surface area (Å²) in [5.74, 6) is -0.119. The van der Waals surface area contributed by atoms with Crippen LogP contribution in [0.4, 0.5) is 5.69 Å². The quantitative estimate of drug-likeness (QED) is 0.710. The zero-order valence-electron chi connectivity index (χ0n) is 6.94. The van der Waals surface area contributed by atoms with Crippen molar-refractivity contribution in [2.75, 3.05) is 5.32 Å². The lowest BCUT2D eigenvalue weighted by Gasteiger charge is -2.07. The van der Waals surface area contributed by atoms with Crippen molar-refractivity contribution in [1.29, 1.82) is 0 Å². The molecule has 0 fully saturated rings. The molecule has 0 unspecified atom stereocenters. The first kappa shape index (κ1) is 9.07. The highest BCUT2D eigenvalue weighted by atomic mass is 35.5. The Balaban J connectivity index is 3.04. The number of nitrogens with one attached hydrogen (secondary N) is 1. The monoisotopic (exact) mass is 182 g/mol. The fraction of sp³-hybridized carbons (Fsp3) is 0.222. The van der Waals surface area contributed by atoms with Crippen molar-refractivity contribution in [2.24, 2.45) is 0 Å². The number of hydrogen-bond acceptors (Lipinski definition) is 1. The predicted molar refractivity (Wildman–Crippen MR) is 49.3 cm³/mol. The molecule has 0 aromatic heterocycles. The molecule has 63 valence electrons. The Labute approximate surface area is 76.5 Å². The van der Waals surface area contributed by atoms with Crippen molar-refractivity contribution >= 4 is 23.2 Å². The van der Waals surface area contributed by atoms with E-state index >= 15 is 0 Å². The Hall–Kier alpha value is -1.02. The number of benzene rings is 1. The molecule has 0 saturated carbocycles. The second kappa shape index (κ2) is 3.59. The van der Waals surface area contributed by atoms with E-state index < -0.39 is 0 Å². The molecule has 1 rings (SSSR count). The number of rotatable bonds is 1. The Morgan fingerprint density at radius 3 is 2.75 bits per heavy atom. The molecule has 1 aromatic rings. The third-order valence-corrected chi connectivity index (χ3v) is 1.74. The summed E-state index contributed by atoms with van der Waals surface area (Å²) in [4.78, 5) is 10.7. The van der Waals surface area contributed by atoms with Gasteiger partial charge in [-0.25, -0.2) is 0 Å². The van der Waals surface area contributed by atoms with E-state index in [9.17, 15) is 4.79 Å². The van der Waals surface area contributed by atoms with E-state index in [2.05, 4.69) is 11.4 Å². The summed E-state index contributed by atoms with van der Waals surface area (Å²) in [5, 5.41) is 3.17. The van der Waals surface area contributed by atoms with Crippen LogP contribution < -0.4 is 5.32 Å². The van der Waals surface area contributed by atoms with Crippen LogP contribution in [0.25, 0.3) is 0 Å². The highest BCUT2D eigenvalue weighted by molar-refractivity contribution is 6.33. The molecule has 3 heteroatoms. The minimum absolute atomic E-state index is 0.119. The SMILES string of the molecule is CC(=O)Nc1c(C)c[c]cc1Cl. The number of anilines is 1. The molecule has 1 aromatic carbocycles. The molecule has 0 bridgehead atoms. The van der Waals surface area contributed by atoms with Crippen LogP contribution in [0, 0.1) is 13.0 Å². The fourth-order valence-corrected chi connectivity index (χ4v) is 1.17. The first-order valence-corrected chi connectivity index (χ1v) is 3.93. The number of hydrogen-bond donors (Lipinski definition) is 1. The fourth-order valence-electron chi connectivity index (χ4n) is 0.907. The van der Waals surface area contributed by atoms with Crippen LogP contribution in [0.2, 0.25) is 5.02 Å². The zero-order chi connectivity index (χ0) is 9.14. The van der Waals surface area contributed by atoms with E-state index in [1.807, 2.05) is 6.92 Å². The molecule has 0 aliphatic carbocycles. The van der Waals surface area contributed by atoms with Crippen molar-refractivity contribution in [2.45, 2.75) is 13.8 Å². The second-order valence-electron chi connectivity index (χ2n) is 2.54. The summed E-state index contributed by atoms with van der Waals surface area (Å²) in [6, 6.07) is 6.26. The van der Waals surface area contributed by atoms with Gasteiger partial charge in [-0.2, -0.15) is 0 Å². The molecule has 1 radical (unpaired) electrons. The van der Waals surface area contributed by atoms with Gasteiger partial charge in [0.05, 0.1) is 10.7 Å². The predicted octanol–water partition coefficient (Wildman–Crippen LogP) is 2.41. The average Bonchev–Trinajstić information content (AvgIpc) is 1.97. The third kappa shape index (κ3) is 1.98. The largest absolute Gasteiger partial charge is 0.325 e. The number of halogens is 1. The van der Waals surface area contributed by atoms with E-state index in [-0.39, 0.29) is 5.91 Å². The summed E-state index contributed by atoms with van der Waals surface area (Å²) in [6.45, 7) is 3.32. The van der Waals surface area contributed by atoms with Crippen LogP contribution in [0.3, 0.4) is 0 Å². The molecular formula is C9H9ClNO. The van der Waals surface area contributed by atoms with Crippen molar-refractivity contribution < 1.29 is 4.79 Å². The molecule has 12 heavy (non-hydrogen) atoms. The summed E-state index contributed by atoms with van der Waals surface area (Å²) in [7, 11) is 0. The molecule has 2 nitrogen and oxygen atoms in total. The normalized spacial score (nSPS) is 9.58. The van der Waals surface area contributed by atoms with Crippen LogP contribution in [-0.4, -0.2) is 5.91 Å². The van der Waals surface area contributed by atoms with Crippen LogP contribution in [0.1, 0.15) is 12.5 Å². The highest BCUT2D eigenvalue weighted by Gasteiger charge is 2.03. The summed E-state index contributed by atoms with van der Waals surface area (Å²) in [5.41, 5.74) is 1.58. The molecule has 1 N–H and O–H groups in total. The highest BCUT2D eigenvalue weighted by Crippen LogP contribution is 2.24. The van der Waals surface area contributed by atoms with E-state index in [0.717, 1.165) is 5.56 Å². The minimum atomic E-state index is -0.119. The van der Waals surface area contributed by atoms with E-state index in [0.29, 0.717) is 10.7 Å². The van der Waals surface area contributed by atoms with Crippen LogP contribution >= 0.6 is 11.6 Å². The van der Waals surface area contributed by atoms with Gasteiger partial charge in [-0.3, -0.25) is 4.79 Å². The smallest absolute Gasteiger partial charge is 0.221 e. The van der Waals surface area contributed by atoms with Crippen LogP contribution in [0.15, 0.2) is 12.1 Å². The number of carbonyl (C=O) groups excluding carboxylic acids is 1. The van der Waals surface area contributed by atoms with E-state index in [1.54, 1.807) is 12.1 Å². The molecule has 0 aliphatic rings. The second-order valence-corrected chi connectivity index (χ2v) is 2.95. The van der Waals surface area contributed by atoms with Crippen molar-refractivity contribution in [3.63, 3.8) is 0 Å². The molecule has 0 spiro atoms. The lowest BCUT2D eigenvalue weighted by molar-refractivity contribution is -0.114. The summed E-state index contributed by atoms with van der Waals surface area (Å²) >= 11 is 5.83. The number of aryl methyl sites for hydroxylation is 1. The number of amides is 1. The standard InChI is InChI=1S/C9H9ClNO/c1-6-4-3-5-8(10)9(6)11-7(2)12/h4-5H,1-2H3,(H,11,12). The van der Waals surface area contributed by atoms with Crippen molar-refractivity contribution in [3.05, 3.63) is 28.8 Å². The van der Waals surface area contributed by atoms with Crippen molar-refractivity contribution in [3.8, 4) is 0 Å². The minimum Gasteiger partial charge on any atom is -0.325 e. The van der Waals surface area contributed by atoms with Gasteiger partial charge in [0.2, 0.25) is 5.91 Å². The van der Waals surface area contributed by atoms with Gasteiger partial charge in [0.15, 0.2) is 0 Å². The van der Waals surface area contributed by atoms with Gasteiger partial charge in [0.25, 0.3) is 0 Å². The number of carbonyl (C=O) groups is 1. The summed E-state index contributed by atoms with van der Waals surface area (Å²) < 4.78 is 0. The maximum atomic E-state index is 10.7. The first-order chi connectivity index (χ1) is 5.61. The van der Waals surface area contributed by atoms with Gasteiger partial charge in [0, 0.05) is 6.92 Å². The Morgan fingerprint density at radius 1 is 1.58 bits per heavy atom. The third-order valence-electron chi connectivity index (χ3n) is 1.44. The molecule has 0 saturated heterocycles. The van der Waals surface area contributed by atoms with Gasteiger partial charge >= 0.3 is 0 Å². The van der Waals surface area contributed by atoms with Gasteiger partial charge in [-0.05, 0) is 30.7 Å². The first-order valence-electron chi connectivity index (χ1n) is 3.55. The van der Waals surface area contributed by atoms with Crippen LogP contribution in [0.5, 0.6) is 0 Å². The molecular weight excluding hydrogens is 174 g/mol. The summed E-state index contributed by atoms with van der Waals surface area (Å²) in [6.07, 6.45) is 0. The average molecular weight is 183 g/mol. The molecule has 0 atom stereocenters. The van der Waals surface area contributed by atoms with Crippen LogP contribution in [-0.2, 0) is 4.79 Å². The lowest BCUT2D eigenvalue weighted by Crippen LogP contribution is -2.07. The maximum Gasteiger partial charge on any atom is 0.221 e. The molecule has 1 amide bonds. The Morgan fingerprint density at radius 2 is 2.25 bits per heavy atom. The lowest BCUT2D eigenvalue weighted by atomic mass is 10.2. The van der Waals surface area contributed by atoms with Gasteiger partial charge in [-0.15, -0.1) is 0 Å². The topological polar surface area (TPSA) is 29.1 Å². The van der Waals surface area contributed by atoms with Gasteiger partial charge in [0.1, 0.15) is 0 Å². The Kier molecular flexibility index (Phi) is 2.71. The van der Waals surface area contributed by atoms with Gasteiger partial charge < -0.3 is 5.32 Å². The van der Waals surface area contributed by atoms with E-state index in [4.69, 9.17) is 11.6 Å².